The van der Waals surface area contributed by atoms with Crippen molar-refractivity contribution in [1.82, 2.24) is 9.13 Å². The first-order chi connectivity index (χ1) is 20.0. The molecular formula is C35H33N3O3. The average Bonchev–Trinajstić information content (AvgIpc) is 3.57. The lowest BCUT2D eigenvalue weighted by Gasteiger charge is -2.26. The van der Waals surface area contributed by atoms with Crippen LogP contribution in [-0.4, -0.2) is 29.6 Å². The van der Waals surface area contributed by atoms with Crippen LogP contribution in [0.1, 0.15) is 33.0 Å². The molecule has 2 aromatic heterocycles. The number of ether oxygens (including phenoxy) is 2. The van der Waals surface area contributed by atoms with E-state index in [2.05, 4.69) is 83.8 Å². The molecule has 0 radical (unpaired) electrons. The lowest BCUT2D eigenvalue weighted by Crippen LogP contribution is -2.09. The summed E-state index contributed by atoms with van der Waals surface area (Å²) in [6, 6.07) is 32.7. The fraction of sp³-hybridized carbons (Fsp3) is 0.114. The van der Waals surface area contributed by atoms with Gasteiger partial charge in [-0.15, -0.1) is 0 Å². The largest absolute Gasteiger partial charge is 0.497 e. The van der Waals surface area contributed by atoms with Gasteiger partial charge < -0.3 is 23.5 Å². The van der Waals surface area contributed by atoms with E-state index < -0.39 is 0 Å². The molecule has 0 bridgehead atoms. The number of nitrogens with zero attached hydrogens (tertiary/aromatic N) is 3. The van der Waals surface area contributed by atoms with Gasteiger partial charge in [-0.2, -0.15) is 0 Å². The van der Waals surface area contributed by atoms with Crippen LogP contribution in [0.2, 0.25) is 0 Å². The Hall–Kier alpha value is -5.23. The van der Waals surface area contributed by atoms with Crippen molar-refractivity contribution in [2.75, 3.05) is 19.1 Å². The molecule has 0 saturated heterocycles. The van der Waals surface area contributed by atoms with Gasteiger partial charge in [0.1, 0.15) is 5.75 Å². The van der Waals surface area contributed by atoms with Gasteiger partial charge in [0.15, 0.2) is 12.2 Å². The summed E-state index contributed by atoms with van der Waals surface area (Å²) in [6.07, 6.45) is 9.11. The molecule has 41 heavy (non-hydrogen) atoms. The summed E-state index contributed by atoms with van der Waals surface area (Å²) >= 11 is 0. The van der Waals surface area contributed by atoms with Gasteiger partial charge >= 0.3 is 0 Å². The number of hydrogen-bond donors (Lipinski definition) is 0. The zero-order valence-electron chi connectivity index (χ0n) is 23.7. The van der Waals surface area contributed by atoms with Crippen molar-refractivity contribution in [1.29, 1.82) is 0 Å². The van der Waals surface area contributed by atoms with E-state index in [-0.39, 0.29) is 0 Å². The Morgan fingerprint density at radius 3 is 1.44 bits per heavy atom. The number of methoxy groups -OCH3 is 2. The molecule has 0 unspecified atom stereocenters. The minimum Gasteiger partial charge on any atom is -0.497 e. The molecule has 206 valence electrons. The smallest absolute Gasteiger partial charge is 0.193 e. The van der Waals surface area contributed by atoms with Crippen molar-refractivity contribution >= 4 is 47.7 Å². The highest BCUT2D eigenvalue weighted by atomic mass is 16.5. The molecule has 0 aliphatic carbocycles. The summed E-state index contributed by atoms with van der Waals surface area (Å²) in [5.74, 6) is 1.63. The number of aromatic nitrogens is 2. The molecule has 0 fully saturated rings. The van der Waals surface area contributed by atoms with Crippen LogP contribution in [0.4, 0.5) is 17.1 Å². The normalized spacial score (nSPS) is 11.3. The van der Waals surface area contributed by atoms with Crippen LogP contribution >= 0.6 is 0 Å². The summed E-state index contributed by atoms with van der Waals surface area (Å²) in [5.41, 5.74) is 7.95. The van der Waals surface area contributed by atoms with Crippen LogP contribution in [-0.2, 0) is 14.1 Å². The predicted molar refractivity (Wildman–Crippen MR) is 168 cm³/mol. The minimum atomic E-state index is 0.650. The van der Waals surface area contributed by atoms with Crippen molar-refractivity contribution in [2.45, 2.75) is 0 Å². The highest BCUT2D eigenvalue weighted by Crippen LogP contribution is 2.36. The third kappa shape index (κ3) is 6.02. The van der Waals surface area contributed by atoms with E-state index in [1.165, 1.54) is 0 Å². The van der Waals surface area contributed by atoms with E-state index in [0.29, 0.717) is 5.69 Å². The van der Waals surface area contributed by atoms with Gasteiger partial charge in [-0.1, -0.05) is 36.4 Å². The Kier molecular flexibility index (Phi) is 8.20. The van der Waals surface area contributed by atoms with Crippen molar-refractivity contribution in [3.8, 4) is 11.6 Å². The standard InChI is InChI=1S/C35H33N3O3/c1-36-28(17-18-33(36)25-39)11-5-26-7-13-30(14-8-26)38(32-19-22-34(40-3)23-20-32)31-15-9-27(10-16-31)6-12-29-21-24-35(41-4)37(29)2/h5-25H,1-4H3/b11-5+,12-6+. The highest BCUT2D eigenvalue weighted by Gasteiger charge is 2.13. The van der Waals surface area contributed by atoms with Gasteiger partial charge in [0.2, 0.25) is 0 Å². The number of carbonyl (C=O) groups excluding carboxylic acids is 1. The van der Waals surface area contributed by atoms with Crippen LogP contribution in [0.3, 0.4) is 0 Å². The molecule has 0 N–H and O–H groups in total. The van der Waals surface area contributed by atoms with Crippen molar-refractivity contribution < 1.29 is 14.3 Å². The highest BCUT2D eigenvalue weighted by molar-refractivity contribution is 5.80. The predicted octanol–water partition coefficient (Wildman–Crippen LogP) is 8.00. The van der Waals surface area contributed by atoms with Gasteiger partial charge in [-0.25, -0.2) is 0 Å². The van der Waals surface area contributed by atoms with Crippen molar-refractivity contribution in [2.24, 2.45) is 14.1 Å². The molecule has 0 spiro atoms. The van der Waals surface area contributed by atoms with Crippen molar-refractivity contribution in [3.63, 3.8) is 0 Å². The second kappa shape index (κ2) is 12.3. The topological polar surface area (TPSA) is 48.6 Å². The van der Waals surface area contributed by atoms with Gasteiger partial charge in [0.25, 0.3) is 0 Å². The maximum atomic E-state index is 11.2. The molecule has 0 aliphatic heterocycles. The molecule has 0 atom stereocenters. The first-order valence-electron chi connectivity index (χ1n) is 13.3. The van der Waals surface area contributed by atoms with Crippen molar-refractivity contribution in [3.05, 3.63) is 125 Å². The number of anilines is 3. The van der Waals surface area contributed by atoms with Crippen LogP contribution in [0, 0.1) is 0 Å². The number of hydrogen-bond acceptors (Lipinski definition) is 4. The molecule has 2 heterocycles. The Bertz CT molecular complexity index is 1670. The Morgan fingerprint density at radius 2 is 1.00 bits per heavy atom. The quantitative estimate of drug-likeness (QED) is 0.167. The minimum absolute atomic E-state index is 0.650. The van der Waals surface area contributed by atoms with E-state index in [4.69, 9.17) is 9.47 Å². The SMILES string of the molecule is COc1ccc(N(c2ccc(/C=C/c3ccc(C=O)n3C)cc2)c2ccc(/C=C/c3ccc(OC)n3C)cc2)cc1. The number of carbonyl (C=O) groups is 1. The van der Waals surface area contributed by atoms with Crippen LogP contribution in [0.25, 0.3) is 24.3 Å². The first-order valence-corrected chi connectivity index (χ1v) is 13.3. The molecule has 6 heteroatoms. The van der Waals surface area contributed by atoms with E-state index in [0.717, 1.165) is 57.5 Å². The molecular weight excluding hydrogens is 510 g/mol. The molecule has 0 saturated carbocycles. The Morgan fingerprint density at radius 1 is 0.537 bits per heavy atom. The lowest BCUT2D eigenvalue weighted by atomic mass is 10.1. The van der Waals surface area contributed by atoms with E-state index in [1.807, 2.05) is 65.7 Å². The molecule has 0 aliphatic rings. The summed E-state index contributed by atoms with van der Waals surface area (Å²) < 4.78 is 14.6. The summed E-state index contributed by atoms with van der Waals surface area (Å²) in [5, 5.41) is 0. The van der Waals surface area contributed by atoms with Gasteiger partial charge in [-0.05, 0) is 90.0 Å². The first kappa shape index (κ1) is 27.3. The zero-order chi connectivity index (χ0) is 28.8. The fourth-order valence-electron chi connectivity index (χ4n) is 4.72. The summed E-state index contributed by atoms with van der Waals surface area (Å²) in [6.45, 7) is 0. The Balaban J connectivity index is 1.42. The van der Waals surface area contributed by atoms with Gasteiger partial charge in [0.05, 0.1) is 19.9 Å². The van der Waals surface area contributed by atoms with Crippen LogP contribution in [0.5, 0.6) is 11.6 Å². The third-order valence-corrected chi connectivity index (χ3v) is 7.17. The van der Waals surface area contributed by atoms with Gasteiger partial charge in [0, 0.05) is 48.6 Å². The Labute approximate surface area is 241 Å². The molecule has 6 nitrogen and oxygen atoms in total. The lowest BCUT2D eigenvalue weighted by molar-refractivity contribution is 0.111. The molecule has 5 aromatic rings. The third-order valence-electron chi connectivity index (χ3n) is 7.17. The molecule has 3 aromatic carbocycles. The second-order valence-electron chi connectivity index (χ2n) is 9.60. The zero-order valence-corrected chi connectivity index (χ0v) is 23.7. The monoisotopic (exact) mass is 543 g/mol. The van der Waals surface area contributed by atoms with Gasteiger partial charge in [-0.3, -0.25) is 4.79 Å². The molecule has 0 amide bonds. The summed E-state index contributed by atoms with van der Waals surface area (Å²) in [4.78, 5) is 13.4. The second-order valence-corrected chi connectivity index (χ2v) is 9.60. The van der Waals surface area contributed by atoms with Crippen LogP contribution in [0.15, 0.2) is 97.1 Å². The number of rotatable bonds is 10. The van der Waals surface area contributed by atoms with E-state index in [9.17, 15) is 4.79 Å². The number of benzene rings is 3. The molecule has 5 rings (SSSR count). The van der Waals surface area contributed by atoms with Crippen LogP contribution < -0.4 is 14.4 Å². The summed E-state index contributed by atoms with van der Waals surface area (Å²) in [7, 11) is 7.22. The maximum Gasteiger partial charge on any atom is 0.193 e. The fourth-order valence-corrected chi connectivity index (χ4v) is 4.72. The average molecular weight is 544 g/mol. The van der Waals surface area contributed by atoms with E-state index >= 15 is 0 Å². The number of aldehydes is 1. The van der Waals surface area contributed by atoms with E-state index in [1.54, 1.807) is 14.2 Å². The maximum absolute atomic E-state index is 11.2.